The van der Waals surface area contributed by atoms with E-state index in [0.29, 0.717) is 11.5 Å². The van der Waals surface area contributed by atoms with Crippen molar-refractivity contribution in [2.24, 2.45) is 0 Å². The number of rotatable bonds is 2. The number of halogens is 3. The highest BCUT2D eigenvalue weighted by molar-refractivity contribution is 7.09. The van der Waals surface area contributed by atoms with Crippen LogP contribution in [0.5, 0.6) is 0 Å². The zero-order chi connectivity index (χ0) is 15.0. The Kier molecular flexibility index (Phi) is 3.89. The van der Waals surface area contributed by atoms with Gasteiger partial charge in [0.25, 0.3) is 0 Å². The molecular weight excluding hydrogens is 332 g/mol. The Morgan fingerprint density at radius 3 is 2.29 bits per heavy atom. The third-order valence-electron chi connectivity index (χ3n) is 2.81. The van der Waals surface area contributed by atoms with Crippen LogP contribution in [0, 0.1) is 12.7 Å². The van der Waals surface area contributed by atoms with Crippen molar-refractivity contribution in [2.45, 2.75) is 6.92 Å². The second kappa shape index (κ2) is 5.67. The number of hydrogen-bond donors (Lipinski definition) is 0. The smallest absolute Gasteiger partial charge is 0.181 e. The molecule has 0 aliphatic heterocycles. The molecule has 2 aromatic heterocycles. The van der Waals surface area contributed by atoms with Crippen LogP contribution in [-0.4, -0.2) is 15.0 Å². The van der Waals surface area contributed by atoms with Gasteiger partial charge in [-0.2, -0.15) is 0 Å². The maximum absolute atomic E-state index is 13.9. The molecule has 0 aliphatic carbocycles. The Hall–Kier alpha value is -1.56. The van der Waals surface area contributed by atoms with Crippen molar-refractivity contribution >= 4 is 34.5 Å². The van der Waals surface area contributed by atoms with Crippen molar-refractivity contribution in [3.8, 4) is 22.6 Å². The van der Waals surface area contributed by atoms with Crippen molar-refractivity contribution in [2.75, 3.05) is 0 Å². The fourth-order valence-electron chi connectivity index (χ4n) is 1.87. The maximum Gasteiger partial charge on any atom is 0.181 e. The zero-order valence-electron chi connectivity index (χ0n) is 10.8. The van der Waals surface area contributed by atoms with Crippen LogP contribution in [0.2, 0.25) is 10.3 Å². The lowest BCUT2D eigenvalue weighted by Gasteiger charge is -2.08. The third kappa shape index (κ3) is 2.77. The van der Waals surface area contributed by atoms with Gasteiger partial charge in [0.1, 0.15) is 21.8 Å². The number of thiazole rings is 1. The van der Waals surface area contributed by atoms with Crippen molar-refractivity contribution < 1.29 is 4.39 Å². The van der Waals surface area contributed by atoms with E-state index in [2.05, 4.69) is 15.0 Å². The van der Waals surface area contributed by atoms with E-state index >= 15 is 0 Å². The number of benzene rings is 1. The number of hydrogen-bond acceptors (Lipinski definition) is 4. The second-order valence-corrected chi connectivity index (χ2v) is 6.01. The molecule has 0 radical (unpaired) electrons. The molecule has 0 bridgehead atoms. The molecule has 3 aromatic rings. The first-order valence-corrected chi connectivity index (χ1v) is 7.60. The summed E-state index contributed by atoms with van der Waals surface area (Å²) in [6.45, 7) is 1.88. The van der Waals surface area contributed by atoms with Gasteiger partial charge in [0, 0.05) is 10.9 Å². The van der Waals surface area contributed by atoms with E-state index in [0.717, 1.165) is 5.01 Å². The van der Waals surface area contributed by atoms with E-state index in [1.807, 2.05) is 12.3 Å². The Bertz CT molecular complexity index is 796. The minimum atomic E-state index is -0.429. The van der Waals surface area contributed by atoms with Crippen LogP contribution in [0.3, 0.4) is 0 Å². The zero-order valence-corrected chi connectivity index (χ0v) is 13.1. The Morgan fingerprint density at radius 2 is 1.71 bits per heavy atom. The molecule has 7 heteroatoms. The van der Waals surface area contributed by atoms with Gasteiger partial charge in [-0.3, -0.25) is 0 Å². The lowest BCUT2D eigenvalue weighted by atomic mass is 10.1. The van der Waals surface area contributed by atoms with E-state index in [4.69, 9.17) is 23.2 Å². The molecule has 1 aromatic carbocycles. The fraction of sp³-hybridized carbons (Fsp3) is 0.0714. The van der Waals surface area contributed by atoms with Gasteiger partial charge in [0.05, 0.1) is 10.6 Å². The first kappa shape index (κ1) is 14.4. The van der Waals surface area contributed by atoms with Crippen molar-refractivity contribution in [3.05, 3.63) is 50.8 Å². The minimum Gasteiger partial charge on any atom is -0.238 e. The highest BCUT2D eigenvalue weighted by atomic mass is 35.5. The van der Waals surface area contributed by atoms with Crippen molar-refractivity contribution in [3.63, 3.8) is 0 Å². The topological polar surface area (TPSA) is 38.7 Å². The minimum absolute atomic E-state index is 0.0979. The summed E-state index contributed by atoms with van der Waals surface area (Å²) in [4.78, 5) is 12.7. The van der Waals surface area contributed by atoms with Crippen LogP contribution in [0.4, 0.5) is 4.39 Å². The van der Waals surface area contributed by atoms with E-state index in [-0.39, 0.29) is 21.4 Å². The molecule has 0 N–H and O–H groups in total. The molecule has 0 unspecified atom stereocenters. The van der Waals surface area contributed by atoms with E-state index in [1.165, 1.54) is 17.4 Å². The largest absolute Gasteiger partial charge is 0.238 e. The standard InChI is InChI=1S/C14H8Cl2FN3S/c1-7-18-10(6-21-7)14-19-12(15)11(13(16)20-14)8-4-2-3-5-9(8)17/h2-6H,1H3. The van der Waals surface area contributed by atoms with E-state index in [1.54, 1.807) is 18.2 Å². The number of aryl methyl sites for hydroxylation is 1. The van der Waals surface area contributed by atoms with Crippen molar-refractivity contribution in [1.82, 2.24) is 15.0 Å². The highest BCUT2D eigenvalue weighted by Gasteiger charge is 2.18. The Morgan fingerprint density at radius 1 is 1.05 bits per heavy atom. The SMILES string of the molecule is Cc1nc(-c2nc(Cl)c(-c3ccccc3F)c(Cl)n2)cs1. The molecule has 3 nitrogen and oxygen atoms in total. The van der Waals surface area contributed by atoms with Gasteiger partial charge in [-0.1, -0.05) is 41.4 Å². The van der Waals surface area contributed by atoms with Crippen molar-refractivity contribution in [1.29, 1.82) is 0 Å². The summed E-state index contributed by atoms with van der Waals surface area (Å²) in [5, 5.41) is 2.90. The molecule has 0 saturated carbocycles. The molecule has 0 aliphatic rings. The van der Waals surface area contributed by atoms with Gasteiger partial charge in [0.2, 0.25) is 0 Å². The van der Waals surface area contributed by atoms with Gasteiger partial charge in [-0.05, 0) is 13.0 Å². The molecular formula is C14H8Cl2FN3S. The molecule has 0 amide bonds. The molecule has 0 spiro atoms. The molecule has 106 valence electrons. The first-order chi connectivity index (χ1) is 10.1. The van der Waals surface area contributed by atoms with Crippen LogP contribution in [-0.2, 0) is 0 Å². The monoisotopic (exact) mass is 339 g/mol. The summed E-state index contributed by atoms with van der Waals surface area (Å²) in [6, 6.07) is 6.20. The molecule has 0 atom stereocenters. The highest BCUT2D eigenvalue weighted by Crippen LogP contribution is 2.35. The van der Waals surface area contributed by atoms with E-state index in [9.17, 15) is 4.39 Å². The predicted octanol–water partition coefficient (Wildman–Crippen LogP) is 5.02. The summed E-state index contributed by atoms with van der Waals surface area (Å²) in [5.74, 6) is -0.100. The summed E-state index contributed by atoms with van der Waals surface area (Å²) in [6.07, 6.45) is 0. The van der Waals surface area contributed by atoms with Crippen LogP contribution >= 0.6 is 34.5 Å². The predicted molar refractivity (Wildman–Crippen MR) is 83.3 cm³/mol. The molecule has 0 fully saturated rings. The molecule has 21 heavy (non-hydrogen) atoms. The molecule has 3 rings (SSSR count). The van der Waals surface area contributed by atoms with Gasteiger partial charge in [-0.25, -0.2) is 19.3 Å². The average molecular weight is 340 g/mol. The first-order valence-electron chi connectivity index (χ1n) is 5.96. The lowest BCUT2D eigenvalue weighted by Crippen LogP contribution is -1.96. The Labute approximate surface area is 134 Å². The van der Waals surface area contributed by atoms with Gasteiger partial charge in [-0.15, -0.1) is 11.3 Å². The van der Waals surface area contributed by atoms with Crippen LogP contribution < -0.4 is 0 Å². The molecule has 0 saturated heterocycles. The normalized spacial score (nSPS) is 10.9. The Balaban J connectivity index is 2.15. The van der Waals surface area contributed by atoms with Gasteiger partial charge in [0.15, 0.2) is 5.82 Å². The third-order valence-corrected chi connectivity index (χ3v) is 4.13. The number of nitrogens with zero attached hydrogens (tertiary/aromatic N) is 3. The quantitative estimate of drug-likeness (QED) is 0.615. The second-order valence-electron chi connectivity index (χ2n) is 4.24. The average Bonchev–Trinajstić information content (AvgIpc) is 2.87. The maximum atomic E-state index is 13.9. The van der Waals surface area contributed by atoms with Gasteiger partial charge < -0.3 is 0 Å². The van der Waals surface area contributed by atoms with Crippen LogP contribution in [0.15, 0.2) is 29.6 Å². The van der Waals surface area contributed by atoms with E-state index < -0.39 is 5.82 Å². The van der Waals surface area contributed by atoms with Crippen LogP contribution in [0.1, 0.15) is 5.01 Å². The molecule has 2 heterocycles. The fourth-order valence-corrected chi connectivity index (χ4v) is 3.06. The number of aromatic nitrogens is 3. The van der Waals surface area contributed by atoms with Gasteiger partial charge >= 0.3 is 0 Å². The summed E-state index contributed by atoms with van der Waals surface area (Å²) >= 11 is 13.8. The summed E-state index contributed by atoms with van der Waals surface area (Å²) in [5.41, 5.74) is 1.15. The van der Waals surface area contributed by atoms with Crippen LogP contribution in [0.25, 0.3) is 22.6 Å². The summed E-state index contributed by atoms with van der Waals surface area (Å²) in [7, 11) is 0. The lowest BCUT2D eigenvalue weighted by molar-refractivity contribution is 0.631. The summed E-state index contributed by atoms with van der Waals surface area (Å²) < 4.78 is 13.9.